The van der Waals surface area contributed by atoms with Crippen molar-refractivity contribution in [2.75, 3.05) is 13.1 Å². The smallest absolute Gasteiger partial charge is 0.288 e. The van der Waals surface area contributed by atoms with Gasteiger partial charge >= 0.3 is 0 Å². The number of aliphatic hydroxyl groups is 3. The van der Waals surface area contributed by atoms with Crippen molar-refractivity contribution in [3.05, 3.63) is 0 Å². The van der Waals surface area contributed by atoms with Gasteiger partial charge < -0.3 is 20.6 Å². The summed E-state index contributed by atoms with van der Waals surface area (Å²) in [5, 5.41) is 29.0. The zero-order chi connectivity index (χ0) is 20.8. The summed E-state index contributed by atoms with van der Waals surface area (Å²) in [4.78, 5) is 0. The highest BCUT2D eigenvalue weighted by atomic mass is 16.7. The third kappa shape index (κ3) is 25.8. The fourth-order valence-electron chi connectivity index (χ4n) is 3.76. The second-order valence-corrected chi connectivity index (χ2v) is 8.67. The summed E-state index contributed by atoms with van der Waals surface area (Å²) in [5.41, 5.74) is 0. The van der Waals surface area contributed by atoms with Crippen LogP contribution in [0.4, 0.5) is 0 Å². The minimum absolute atomic E-state index is 0.188. The van der Waals surface area contributed by atoms with E-state index in [4.69, 9.17) is 15.3 Å². The fourth-order valence-corrected chi connectivity index (χ4v) is 3.76. The molecule has 4 N–H and O–H groups in total. The molecule has 0 amide bonds. The normalized spacial score (nSPS) is 12.0. The highest BCUT2D eigenvalue weighted by Gasteiger charge is 2.16. The van der Waals surface area contributed by atoms with Gasteiger partial charge in [-0.05, 0) is 13.0 Å². The van der Waals surface area contributed by atoms with Gasteiger partial charge in [0.15, 0.2) is 0 Å². The highest BCUT2D eigenvalue weighted by Crippen LogP contribution is 2.14. The summed E-state index contributed by atoms with van der Waals surface area (Å²) in [6.07, 6.45) is 27.5. The molecule has 0 saturated carbocycles. The SMILES string of the molecule is CCCCCCCCCCCCCCCCCCCCCCNCC(O)(O)O. The first kappa shape index (κ1) is 27.8. The molecule has 0 unspecified atom stereocenters. The Hall–Kier alpha value is -0.160. The third-order valence-electron chi connectivity index (χ3n) is 5.57. The van der Waals surface area contributed by atoms with Crippen LogP contribution in [0.15, 0.2) is 0 Å². The first-order valence-electron chi connectivity index (χ1n) is 12.4. The standard InChI is InChI=1S/C24H51NO3/c1-2-3-4-5-6-7-8-9-10-11-12-13-14-15-16-17-18-19-20-21-22-25-23-24(26,27)28/h25-28H,2-23H2,1H3. The molecule has 28 heavy (non-hydrogen) atoms. The Morgan fingerprint density at radius 2 is 0.750 bits per heavy atom. The van der Waals surface area contributed by atoms with Crippen LogP contribution in [0.25, 0.3) is 0 Å². The molecule has 0 aromatic rings. The van der Waals surface area contributed by atoms with Crippen molar-refractivity contribution in [1.82, 2.24) is 5.32 Å². The molecule has 0 aliphatic rings. The van der Waals surface area contributed by atoms with Crippen molar-refractivity contribution in [3.8, 4) is 0 Å². The molecule has 0 spiro atoms. The summed E-state index contributed by atoms with van der Waals surface area (Å²) in [5.74, 6) is -2.58. The van der Waals surface area contributed by atoms with Crippen molar-refractivity contribution in [1.29, 1.82) is 0 Å². The minimum Gasteiger partial charge on any atom is -0.343 e. The van der Waals surface area contributed by atoms with E-state index in [1.54, 1.807) is 0 Å². The second kappa shape index (κ2) is 21.5. The van der Waals surface area contributed by atoms with Crippen LogP contribution in [0.1, 0.15) is 135 Å². The molecule has 0 bridgehead atoms. The van der Waals surface area contributed by atoms with Gasteiger partial charge in [-0.25, -0.2) is 0 Å². The van der Waals surface area contributed by atoms with Gasteiger partial charge in [0.05, 0.1) is 6.54 Å². The van der Waals surface area contributed by atoms with E-state index in [-0.39, 0.29) is 6.54 Å². The van der Waals surface area contributed by atoms with Gasteiger partial charge in [-0.1, -0.05) is 129 Å². The predicted molar refractivity (Wildman–Crippen MR) is 120 cm³/mol. The van der Waals surface area contributed by atoms with Crippen molar-refractivity contribution in [2.45, 2.75) is 141 Å². The Bertz CT molecular complexity index is 292. The Kier molecular flexibility index (Phi) is 21.4. The maximum Gasteiger partial charge on any atom is 0.288 e. The van der Waals surface area contributed by atoms with Gasteiger partial charge in [0, 0.05) is 0 Å². The Morgan fingerprint density at radius 1 is 0.464 bits per heavy atom. The van der Waals surface area contributed by atoms with Gasteiger partial charge in [-0.3, -0.25) is 0 Å². The van der Waals surface area contributed by atoms with Gasteiger partial charge in [0.1, 0.15) is 0 Å². The van der Waals surface area contributed by atoms with Gasteiger partial charge in [-0.15, -0.1) is 0 Å². The van der Waals surface area contributed by atoms with Gasteiger partial charge in [0.2, 0.25) is 0 Å². The van der Waals surface area contributed by atoms with Gasteiger partial charge in [0.25, 0.3) is 5.97 Å². The molecule has 0 rings (SSSR count). The number of unbranched alkanes of at least 4 members (excludes halogenated alkanes) is 19. The lowest BCUT2D eigenvalue weighted by molar-refractivity contribution is -0.306. The minimum atomic E-state index is -2.58. The third-order valence-corrected chi connectivity index (χ3v) is 5.57. The molecular formula is C24H51NO3. The number of hydrogen-bond acceptors (Lipinski definition) is 4. The Balaban J connectivity index is 3.01. The van der Waals surface area contributed by atoms with Crippen LogP contribution >= 0.6 is 0 Å². The topological polar surface area (TPSA) is 72.7 Å². The maximum absolute atomic E-state index is 8.73. The zero-order valence-corrected chi connectivity index (χ0v) is 18.9. The zero-order valence-electron chi connectivity index (χ0n) is 18.9. The van der Waals surface area contributed by atoms with Crippen LogP contribution in [0.2, 0.25) is 0 Å². The largest absolute Gasteiger partial charge is 0.343 e. The average Bonchev–Trinajstić information content (AvgIpc) is 2.65. The van der Waals surface area contributed by atoms with E-state index in [0.29, 0.717) is 0 Å². The second-order valence-electron chi connectivity index (χ2n) is 8.67. The maximum atomic E-state index is 8.73. The summed E-state index contributed by atoms with van der Waals surface area (Å²) >= 11 is 0. The first-order chi connectivity index (χ1) is 13.6. The highest BCUT2D eigenvalue weighted by molar-refractivity contribution is 4.55. The van der Waals surface area contributed by atoms with E-state index in [9.17, 15) is 0 Å². The monoisotopic (exact) mass is 401 g/mol. The van der Waals surface area contributed by atoms with E-state index in [0.717, 1.165) is 13.0 Å². The van der Waals surface area contributed by atoms with E-state index in [1.165, 1.54) is 122 Å². The van der Waals surface area contributed by atoms with Crippen LogP contribution in [0, 0.1) is 0 Å². The summed E-state index contributed by atoms with van der Waals surface area (Å²) in [6.45, 7) is 2.82. The van der Waals surface area contributed by atoms with Crippen LogP contribution in [-0.4, -0.2) is 34.4 Å². The molecule has 4 heteroatoms. The molecule has 0 heterocycles. The number of hydrogen-bond donors (Lipinski definition) is 4. The molecule has 0 aromatic heterocycles. The number of nitrogens with one attached hydrogen (secondary N) is 1. The summed E-state index contributed by atoms with van der Waals surface area (Å²) < 4.78 is 0. The Morgan fingerprint density at radius 3 is 1.04 bits per heavy atom. The molecule has 0 aromatic carbocycles. The van der Waals surface area contributed by atoms with E-state index >= 15 is 0 Å². The fraction of sp³-hybridized carbons (Fsp3) is 1.00. The van der Waals surface area contributed by atoms with Crippen molar-refractivity contribution in [2.24, 2.45) is 0 Å². The molecule has 0 fully saturated rings. The van der Waals surface area contributed by atoms with E-state index < -0.39 is 5.97 Å². The van der Waals surface area contributed by atoms with Crippen LogP contribution in [0.5, 0.6) is 0 Å². The molecular weight excluding hydrogens is 350 g/mol. The van der Waals surface area contributed by atoms with Crippen molar-refractivity contribution >= 4 is 0 Å². The quantitative estimate of drug-likeness (QED) is 0.125. The molecule has 0 radical (unpaired) electrons. The Labute approximate surface area is 175 Å². The predicted octanol–water partition coefficient (Wildman–Crippen LogP) is 6.03. The molecule has 0 saturated heterocycles. The molecule has 0 atom stereocenters. The average molecular weight is 402 g/mol. The lowest BCUT2D eigenvalue weighted by Crippen LogP contribution is -2.40. The van der Waals surface area contributed by atoms with Crippen LogP contribution < -0.4 is 5.32 Å². The van der Waals surface area contributed by atoms with E-state index in [2.05, 4.69) is 12.2 Å². The van der Waals surface area contributed by atoms with Crippen molar-refractivity contribution < 1.29 is 15.3 Å². The summed E-state index contributed by atoms with van der Waals surface area (Å²) in [7, 11) is 0. The van der Waals surface area contributed by atoms with E-state index in [1.807, 2.05) is 0 Å². The lowest BCUT2D eigenvalue weighted by atomic mass is 10.0. The molecule has 4 nitrogen and oxygen atoms in total. The van der Waals surface area contributed by atoms with Crippen LogP contribution in [0.3, 0.4) is 0 Å². The molecule has 0 aliphatic carbocycles. The van der Waals surface area contributed by atoms with Crippen LogP contribution in [-0.2, 0) is 0 Å². The number of rotatable bonds is 23. The van der Waals surface area contributed by atoms with Gasteiger partial charge in [-0.2, -0.15) is 0 Å². The van der Waals surface area contributed by atoms with Crippen molar-refractivity contribution in [3.63, 3.8) is 0 Å². The molecule has 170 valence electrons. The first-order valence-corrected chi connectivity index (χ1v) is 12.4. The summed E-state index contributed by atoms with van der Waals surface area (Å²) in [6, 6.07) is 0. The lowest BCUT2D eigenvalue weighted by Gasteiger charge is -2.14. The molecule has 0 aliphatic heterocycles.